The van der Waals surface area contributed by atoms with E-state index in [4.69, 9.17) is 0 Å². The van der Waals surface area contributed by atoms with Gasteiger partial charge >= 0.3 is 0 Å². The van der Waals surface area contributed by atoms with E-state index in [1.165, 1.54) is 4.31 Å². The van der Waals surface area contributed by atoms with E-state index in [-0.39, 0.29) is 28.7 Å². The highest BCUT2D eigenvalue weighted by atomic mass is 32.2. The van der Waals surface area contributed by atoms with E-state index in [0.717, 1.165) is 18.4 Å². The van der Waals surface area contributed by atoms with E-state index < -0.39 is 10.0 Å². The first kappa shape index (κ1) is 21.5. The molecular formula is C23H27N3O4S. The van der Waals surface area contributed by atoms with Crippen LogP contribution >= 0.6 is 0 Å². The Morgan fingerprint density at radius 2 is 1.65 bits per heavy atom. The number of amides is 2. The van der Waals surface area contributed by atoms with Crippen LogP contribution in [0.1, 0.15) is 41.6 Å². The van der Waals surface area contributed by atoms with Crippen molar-refractivity contribution in [2.24, 2.45) is 5.92 Å². The Kier molecular flexibility index (Phi) is 6.11. The molecule has 0 bridgehead atoms. The summed E-state index contributed by atoms with van der Waals surface area (Å²) in [4.78, 5) is 25.2. The van der Waals surface area contributed by atoms with Gasteiger partial charge in [-0.15, -0.1) is 0 Å². The van der Waals surface area contributed by atoms with Gasteiger partial charge in [0.2, 0.25) is 15.9 Å². The van der Waals surface area contributed by atoms with Gasteiger partial charge in [-0.2, -0.15) is 4.31 Å². The molecule has 1 saturated carbocycles. The first-order valence-electron chi connectivity index (χ1n) is 10.6. The zero-order chi connectivity index (χ0) is 22.0. The zero-order valence-electron chi connectivity index (χ0n) is 17.5. The molecule has 31 heavy (non-hydrogen) atoms. The maximum atomic E-state index is 12.8. The van der Waals surface area contributed by atoms with Crippen molar-refractivity contribution in [3.63, 3.8) is 0 Å². The second-order valence-corrected chi connectivity index (χ2v) is 10.2. The average molecular weight is 442 g/mol. The van der Waals surface area contributed by atoms with E-state index in [9.17, 15) is 18.0 Å². The van der Waals surface area contributed by atoms with Gasteiger partial charge in [-0.05, 0) is 62.9 Å². The van der Waals surface area contributed by atoms with Gasteiger partial charge in [0.1, 0.15) is 0 Å². The Morgan fingerprint density at radius 1 is 0.968 bits per heavy atom. The Bertz CT molecular complexity index is 1070. The minimum Gasteiger partial charge on any atom is -0.349 e. The number of benzene rings is 2. The summed E-state index contributed by atoms with van der Waals surface area (Å²) < 4.78 is 27.1. The number of nitrogens with zero attached hydrogens (tertiary/aromatic N) is 1. The summed E-state index contributed by atoms with van der Waals surface area (Å²) in [6.07, 6.45) is 2.94. The number of anilines is 1. The van der Waals surface area contributed by atoms with Crippen molar-refractivity contribution >= 4 is 27.5 Å². The maximum Gasteiger partial charge on any atom is 0.251 e. The molecule has 0 aromatic heterocycles. The molecule has 4 rings (SSSR count). The van der Waals surface area contributed by atoms with Gasteiger partial charge in [-0.1, -0.05) is 23.8 Å². The van der Waals surface area contributed by atoms with Gasteiger partial charge in [0.25, 0.3) is 5.91 Å². The molecule has 2 aliphatic rings. The zero-order valence-corrected chi connectivity index (χ0v) is 18.3. The average Bonchev–Trinajstić information content (AvgIpc) is 3.58. The number of nitrogens with one attached hydrogen (secondary N) is 2. The van der Waals surface area contributed by atoms with Crippen LogP contribution in [0.25, 0.3) is 0 Å². The second-order valence-electron chi connectivity index (χ2n) is 8.31. The van der Waals surface area contributed by atoms with Crippen LogP contribution in [0.2, 0.25) is 0 Å². The van der Waals surface area contributed by atoms with E-state index in [1.54, 1.807) is 48.5 Å². The summed E-state index contributed by atoms with van der Waals surface area (Å²) in [7, 11) is -3.55. The van der Waals surface area contributed by atoms with Crippen LogP contribution < -0.4 is 10.6 Å². The highest BCUT2D eigenvalue weighted by molar-refractivity contribution is 7.89. The van der Waals surface area contributed by atoms with Gasteiger partial charge in [-0.3, -0.25) is 9.59 Å². The van der Waals surface area contributed by atoms with E-state index in [2.05, 4.69) is 10.6 Å². The smallest absolute Gasteiger partial charge is 0.251 e. The van der Waals surface area contributed by atoms with Gasteiger partial charge in [0, 0.05) is 36.3 Å². The van der Waals surface area contributed by atoms with Crippen molar-refractivity contribution in [2.75, 3.05) is 18.4 Å². The Hall–Kier alpha value is -2.71. The van der Waals surface area contributed by atoms with Crippen LogP contribution in [0.5, 0.6) is 0 Å². The molecule has 0 radical (unpaired) electrons. The third-order valence-electron chi connectivity index (χ3n) is 5.79. The van der Waals surface area contributed by atoms with Gasteiger partial charge in [0.05, 0.1) is 4.90 Å². The normalized spacial score (nSPS) is 17.8. The Morgan fingerprint density at radius 3 is 2.29 bits per heavy atom. The van der Waals surface area contributed by atoms with Crippen LogP contribution in [-0.4, -0.2) is 43.7 Å². The minimum atomic E-state index is -3.55. The molecule has 164 valence electrons. The summed E-state index contributed by atoms with van der Waals surface area (Å²) in [5.74, 6) is -0.547. The summed E-state index contributed by atoms with van der Waals surface area (Å²) in [6, 6.07) is 14.0. The quantitative estimate of drug-likeness (QED) is 0.721. The molecule has 2 fully saturated rings. The van der Waals surface area contributed by atoms with Gasteiger partial charge < -0.3 is 10.6 Å². The van der Waals surface area contributed by atoms with Crippen molar-refractivity contribution < 1.29 is 18.0 Å². The fraction of sp³-hybridized carbons (Fsp3) is 0.391. The number of hydrogen-bond acceptors (Lipinski definition) is 4. The van der Waals surface area contributed by atoms with Gasteiger partial charge in [-0.25, -0.2) is 8.42 Å². The number of rotatable bonds is 6. The summed E-state index contributed by atoms with van der Waals surface area (Å²) >= 11 is 0. The third kappa shape index (κ3) is 5.14. The molecule has 2 amide bonds. The van der Waals surface area contributed by atoms with Crippen LogP contribution in [0.15, 0.2) is 53.4 Å². The molecule has 0 atom stereocenters. The monoisotopic (exact) mass is 441 g/mol. The van der Waals surface area contributed by atoms with E-state index in [0.29, 0.717) is 37.2 Å². The maximum absolute atomic E-state index is 12.8. The van der Waals surface area contributed by atoms with Crippen LogP contribution in [0, 0.1) is 12.8 Å². The van der Waals surface area contributed by atoms with E-state index >= 15 is 0 Å². The summed E-state index contributed by atoms with van der Waals surface area (Å²) in [5.41, 5.74) is 2.09. The predicted molar refractivity (Wildman–Crippen MR) is 118 cm³/mol. The molecule has 1 saturated heterocycles. The Labute approximate surface area is 182 Å². The molecule has 0 unspecified atom stereocenters. The SMILES string of the molecule is Cc1ccc(S(=O)(=O)N2CCC(C(=O)Nc3cccc(C(=O)NC4CC4)c3)CC2)cc1. The molecule has 1 aliphatic carbocycles. The number of carbonyl (C=O) groups excluding carboxylic acids is 2. The minimum absolute atomic E-state index is 0.131. The van der Waals surface area contributed by atoms with Crippen molar-refractivity contribution in [2.45, 2.75) is 43.5 Å². The molecule has 7 nitrogen and oxygen atoms in total. The predicted octanol–water partition coefficient (Wildman–Crippen LogP) is 2.93. The van der Waals surface area contributed by atoms with Crippen molar-refractivity contribution in [1.82, 2.24) is 9.62 Å². The van der Waals surface area contributed by atoms with Crippen molar-refractivity contribution in [1.29, 1.82) is 0 Å². The standard InChI is InChI=1S/C23H27N3O4S/c1-16-5-9-21(10-6-16)31(29,30)26-13-11-17(12-14-26)22(27)25-20-4-2-3-18(15-20)23(28)24-19-7-8-19/h2-6,9-10,15,17,19H,7-8,11-14H2,1H3,(H,24,28)(H,25,27). The number of aryl methyl sites for hydroxylation is 1. The number of carbonyl (C=O) groups is 2. The van der Waals surface area contributed by atoms with Crippen LogP contribution in [-0.2, 0) is 14.8 Å². The second kappa shape index (κ2) is 8.80. The highest BCUT2D eigenvalue weighted by Crippen LogP contribution is 2.25. The molecular weight excluding hydrogens is 414 g/mol. The first-order valence-corrected chi connectivity index (χ1v) is 12.1. The number of hydrogen-bond donors (Lipinski definition) is 2. The Balaban J connectivity index is 1.34. The lowest BCUT2D eigenvalue weighted by atomic mass is 9.97. The van der Waals surface area contributed by atoms with Crippen molar-refractivity contribution in [3.8, 4) is 0 Å². The van der Waals surface area contributed by atoms with Crippen LogP contribution in [0.4, 0.5) is 5.69 Å². The fourth-order valence-electron chi connectivity index (χ4n) is 3.70. The molecule has 1 aliphatic heterocycles. The molecule has 2 N–H and O–H groups in total. The number of sulfonamides is 1. The lowest BCUT2D eigenvalue weighted by Gasteiger charge is -2.30. The molecule has 2 aromatic rings. The topological polar surface area (TPSA) is 95.6 Å². The number of piperidine rings is 1. The lowest BCUT2D eigenvalue weighted by molar-refractivity contribution is -0.120. The first-order chi connectivity index (χ1) is 14.8. The van der Waals surface area contributed by atoms with Crippen LogP contribution in [0.3, 0.4) is 0 Å². The van der Waals surface area contributed by atoms with E-state index in [1.807, 2.05) is 6.92 Å². The fourth-order valence-corrected chi connectivity index (χ4v) is 5.17. The summed E-state index contributed by atoms with van der Waals surface area (Å²) in [5, 5.41) is 5.82. The van der Waals surface area contributed by atoms with Crippen molar-refractivity contribution in [3.05, 3.63) is 59.7 Å². The molecule has 8 heteroatoms. The largest absolute Gasteiger partial charge is 0.349 e. The molecule has 1 heterocycles. The molecule has 2 aromatic carbocycles. The lowest BCUT2D eigenvalue weighted by Crippen LogP contribution is -2.41. The highest BCUT2D eigenvalue weighted by Gasteiger charge is 2.32. The molecule has 0 spiro atoms. The summed E-state index contributed by atoms with van der Waals surface area (Å²) in [6.45, 7) is 2.52. The van der Waals surface area contributed by atoms with Gasteiger partial charge in [0.15, 0.2) is 0 Å². The third-order valence-corrected chi connectivity index (χ3v) is 7.70.